The normalized spacial score (nSPS) is 13.0. The maximum Gasteiger partial charge on any atom is 0.416 e. The van der Waals surface area contributed by atoms with Crippen LogP contribution in [0.25, 0.3) is 38.7 Å². The monoisotopic (exact) mass is 546 g/mol. The van der Waals surface area contributed by atoms with E-state index >= 15 is 0 Å². The maximum atomic E-state index is 12.8. The van der Waals surface area contributed by atoms with Crippen LogP contribution in [-0.4, -0.2) is 16.4 Å². The van der Waals surface area contributed by atoms with E-state index in [0.717, 1.165) is 51.0 Å². The number of nitrogens with one attached hydrogen (secondary N) is 2. The number of halogens is 3. The topological polar surface area (TPSA) is 86.6 Å². The predicted molar refractivity (Wildman–Crippen MR) is 161 cm³/mol. The fourth-order valence-electron chi connectivity index (χ4n) is 4.36. The van der Waals surface area contributed by atoms with Crippen molar-refractivity contribution in [2.24, 2.45) is 0 Å². The number of nitrogen functional groups attached to an aromatic ring is 1. The summed E-state index contributed by atoms with van der Waals surface area (Å²) in [5.74, 6) is 0. The molecule has 0 radical (unpaired) electrons. The summed E-state index contributed by atoms with van der Waals surface area (Å²) in [7, 11) is 0. The molecule has 0 bridgehead atoms. The van der Waals surface area contributed by atoms with Gasteiger partial charge in [-0.3, -0.25) is 15.8 Å². The Morgan fingerprint density at radius 1 is 0.610 bits per heavy atom. The van der Waals surface area contributed by atoms with Crippen LogP contribution in [0.4, 0.5) is 18.9 Å². The highest BCUT2D eigenvalue weighted by Crippen LogP contribution is 2.32. The molecule has 7 heteroatoms. The maximum absolute atomic E-state index is 12.8. The van der Waals surface area contributed by atoms with Crippen LogP contribution in [0.1, 0.15) is 11.1 Å². The van der Waals surface area contributed by atoms with Gasteiger partial charge in [0.15, 0.2) is 0 Å². The summed E-state index contributed by atoms with van der Waals surface area (Å²) in [4.78, 5) is 4.45. The van der Waals surface area contributed by atoms with E-state index in [-0.39, 0.29) is 11.4 Å². The Bertz CT molecular complexity index is 1800. The van der Waals surface area contributed by atoms with Crippen molar-refractivity contribution in [3.8, 4) is 22.3 Å². The van der Waals surface area contributed by atoms with E-state index in [1.807, 2.05) is 48.7 Å². The molecule has 4 nitrogen and oxygen atoms in total. The van der Waals surface area contributed by atoms with Crippen LogP contribution in [0.2, 0.25) is 0 Å². The Labute approximate surface area is 235 Å². The number of nitrogens with zero attached hydrogens (tertiary/aromatic N) is 1. The van der Waals surface area contributed by atoms with E-state index < -0.39 is 11.7 Å². The van der Waals surface area contributed by atoms with E-state index in [9.17, 15) is 13.2 Å². The Balaban J connectivity index is 0.000000174. The van der Waals surface area contributed by atoms with E-state index in [2.05, 4.69) is 17.1 Å². The molecule has 4 aromatic carbocycles. The first kappa shape index (κ1) is 27.3. The van der Waals surface area contributed by atoms with Crippen LogP contribution >= 0.6 is 0 Å². The molecule has 5 aromatic rings. The minimum absolute atomic E-state index is 0.134. The summed E-state index contributed by atoms with van der Waals surface area (Å²) in [6.07, 6.45) is 2.44. The molecule has 0 spiro atoms. The Morgan fingerprint density at radius 2 is 1.27 bits per heavy atom. The predicted octanol–water partition coefficient (Wildman–Crippen LogP) is 8.85. The molecule has 1 aliphatic rings. The third-order valence-corrected chi connectivity index (χ3v) is 6.60. The zero-order valence-corrected chi connectivity index (χ0v) is 21.8. The standard InChI is InChI=1S/C19H13F3N2.C15H12N2/c20-19(21,22)16-3-1-2-14(10-16)12-4-6-13(7-5-12)15-8-9-17(23)18(24)11-15;16-14-7-5-11(6-8-14)13-9-12-3-1-2-4-15(12)17-10-13/h1-11,23-24H;1-10H,16H2. The van der Waals surface area contributed by atoms with E-state index in [1.165, 1.54) is 6.07 Å². The van der Waals surface area contributed by atoms with Crippen molar-refractivity contribution < 1.29 is 13.2 Å². The van der Waals surface area contributed by atoms with Crippen molar-refractivity contribution in [2.45, 2.75) is 6.18 Å². The largest absolute Gasteiger partial charge is 0.416 e. The van der Waals surface area contributed by atoms with Gasteiger partial charge in [-0.25, -0.2) is 0 Å². The van der Waals surface area contributed by atoms with Crippen LogP contribution in [0, 0.1) is 10.8 Å². The van der Waals surface area contributed by atoms with Crippen LogP contribution < -0.4 is 5.73 Å². The van der Waals surface area contributed by atoms with Gasteiger partial charge in [-0.2, -0.15) is 13.2 Å². The van der Waals surface area contributed by atoms with Gasteiger partial charge in [0.1, 0.15) is 0 Å². The summed E-state index contributed by atoms with van der Waals surface area (Å²) in [5.41, 5.74) is 12.2. The van der Waals surface area contributed by atoms with Crippen LogP contribution in [0.5, 0.6) is 0 Å². The zero-order valence-electron chi connectivity index (χ0n) is 21.8. The number of pyridine rings is 1. The molecule has 0 saturated carbocycles. The number of hydrogen-bond donors (Lipinski definition) is 3. The second-order valence-electron chi connectivity index (χ2n) is 9.45. The quantitative estimate of drug-likeness (QED) is 0.156. The SMILES string of the molecule is N=C1C=CC(c2ccc(-c3cccc(C(F)(F)F)c3)cc2)=CC1=N.Nc1ccc(-c2cnc3ccccc3c2)cc1. The fourth-order valence-corrected chi connectivity index (χ4v) is 4.36. The van der Waals surface area contributed by atoms with Crippen molar-refractivity contribution in [2.75, 3.05) is 5.73 Å². The molecule has 0 fully saturated rings. The lowest BCUT2D eigenvalue weighted by molar-refractivity contribution is -0.137. The third kappa shape index (κ3) is 6.47. The van der Waals surface area contributed by atoms with E-state index in [0.29, 0.717) is 11.1 Å². The molecule has 0 atom stereocenters. The second kappa shape index (κ2) is 11.4. The van der Waals surface area contributed by atoms with Gasteiger partial charge in [-0.15, -0.1) is 0 Å². The van der Waals surface area contributed by atoms with Gasteiger partial charge in [0.25, 0.3) is 0 Å². The summed E-state index contributed by atoms with van der Waals surface area (Å²) >= 11 is 0. The summed E-state index contributed by atoms with van der Waals surface area (Å²) in [6, 6.07) is 30.4. The number of benzene rings is 4. The van der Waals surface area contributed by atoms with Gasteiger partial charge in [0, 0.05) is 22.8 Å². The molecular weight excluding hydrogens is 521 g/mol. The number of para-hydroxylation sites is 1. The number of alkyl halides is 3. The molecular formula is C34H25F3N4. The van der Waals surface area contributed by atoms with Gasteiger partial charge in [-0.05, 0) is 76.4 Å². The van der Waals surface area contributed by atoms with Gasteiger partial charge in [0.05, 0.1) is 22.5 Å². The van der Waals surface area contributed by atoms with Crippen LogP contribution in [-0.2, 0) is 6.18 Å². The average Bonchev–Trinajstić information content (AvgIpc) is 2.99. The molecule has 6 rings (SSSR count). The summed E-state index contributed by atoms with van der Waals surface area (Å²) in [6.45, 7) is 0. The lowest BCUT2D eigenvalue weighted by Gasteiger charge is -2.11. The number of rotatable bonds is 3. The van der Waals surface area contributed by atoms with Gasteiger partial charge < -0.3 is 5.73 Å². The minimum Gasteiger partial charge on any atom is -0.399 e. The molecule has 1 heterocycles. The molecule has 1 aliphatic carbocycles. The number of nitrogens with two attached hydrogens (primary N) is 1. The van der Waals surface area contributed by atoms with Gasteiger partial charge in [0.2, 0.25) is 0 Å². The molecule has 202 valence electrons. The average molecular weight is 547 g/mol. The smallest absolute Gasteiger partial charge is 0.399 e. The Morgan fingerprint density at radius 3 is 1.98 bits per heavy atom. The first-order chi connectivity index (χ1) is 19.7. The minimum atomic E-state index is -4.36. The Hall–Kier alpha value is -5.30. The number of fused-ring (bicyclic) bond motifs is 1. The number of aromatic nitrogens is 1. The highest BCUT2D eigenvalue weighted by molar-refractivity contribution is 6.50. The summed E-state index contributed by atoms with van der Waals surface area (Å²) in [5, 5.41) is 16.3. The molecule has 0 aliphatic heterocycles. The highest BCUT2D eigenvalue weighted by Gasteiger charge is 2.30. The second-order valence-corrected chi connectivity index (χ2v) is 9.45. The Kier molecular flexibility index (Phi) is 7.61. The van der Waals surface area contributed by atoms with Crippen molar-refractivity contribution in [3.05, 3.63) is 139 Å². The zero-order chi connectivity index (χ0) is 29.0. The number of hydrogen-bond acceptors (Lipinski definition) is 4. The molecule has 0 unspecified atom stereocenters. The first-order valence-electron chi connectivity index (χ1n) is 12.7. The van der Waals surface area contributed by atoms with Crippen molar-refractivity contribution >= 4 is 33.6 Å². The molecule has 0 saturated heterocycles. The van der Waals surface area contributed by atoms with E-state index in [1.54, 1.807) is 48.6 Å². The molecule has 4 N–H and O–H groups in total. The molecule has 0 amide bonds. The lowest BCUT2D eigenvalue weighted by Crippen LogP contribution is -2.09. The third-order valence-electron chi connectivity index (χ3n) is 6.60. The van der Waals surface area contributed by atoms with Crippen LogP contribution in [0.3, 0.4) is 0 Å². The van der Waals surface area contributed by atoms with Gasteiger partial charge in [-0.1, -0.05) is 72.8 Å². The number of allylic oxidation sites excluding steroid dienone is 4. The fraction of sp³-hybridized carbons (Fsp3) is 0.0294. The van der Waals surface area contributed by atoms with Crippen molar-refractivity contribution in [1.29, 1.82) is 10.8 Å². The van der Waals surface area contributed by atoms with Crippen LogP contribution in [0.15, 0.2) is 128 Å². The summed E-state index contributed by atoms with van der Waals surface area (Å²) < 4.78 is 38.4. The van der Waals surface area contributed by atoms with Gasteiger partial charge >= 0.3 is 6.18 Å². The van der Waals surface area contributed by atoms with Crippen molar-refractivity contribution in [1.82, 2.24) is 4.98 Å². The van der Waals surface area contributed by atoms with Crippen molar-refractivity contribution in [3.63, 3.8) is 0 Å². The number of anilines is 1. The lowest BCUT2D eigenvalue weighted by atomic mass is 9.95. The molecule has 41 heavy (non-hydrogen) atoms. The first-order valence-corrected chi connectivity index (χ1v) is 12.7. The molecule has 1 aromatic heterocycles. The highest BCUT2D eigenvalue weighted by atomic mass is 19.4. The van der Waals surface area contributed by atoms with E-state index in [4.69, 9.17) is 16.6 Å².